The van der Waals surface area contributed by atoms with Crippen LogP contribution >= 0.6 is 22.7 Å². The minimum atomic E-state index is 0.589. The fourth-order valence-electron chi connectivity index (χ4n) is 10.4. The van der Waals surface area contributed by atoms with Crippen molar-refractivity contribution in [3.63, 3.8) is 0 Å². The first-order valence-corrected chi connectivity index (χ1v) is 23.7. The Labute approximate surface area is 384 Å². The van der Waals surface area contributed by atoms with Crippen molar-refractivity contribution in [2.45, 2.75) is 0 Å². The molecule has 0 saturated heterocycles. The first-order valence-electron chi connectivity index (χ1n) is 22.1. The smallest absolute Gasteiger partial charge is 0.166 e. The average molecular weight is 877 g/mol. The second-order valence-corrected chi connectivity index (χ2v) is 19.2. The SMILES string of the molecule is c1ccc2cc3c(cc2c1)c1ccccc1n3-c1c(-c2nc(-c3ccc4sc5ccccc5c4c3)nc(-c3ccc4sc5ccccc5c4c3)n2)c2ccccc2c2oc3ccccc3c12. The van der Waals surface area contributed by atoms with E-state index in [1.807, 2.05) is 28.7 Å². The Morgan fingerprint density at radius 3 is 1.56 bits per heavy atom. The molecule has 7 heteroatoms. The van der Waals surface area contributed by atoms with Gasteiger partial charge in [-0.2, -0.15) is 0 Å². The van der Waals surface area contributed by atoms with Crippen LogP contribution < -0.4 is 0 Å². The van der Waals surface area contributed by atoms with Crippen molar-refractivity contribution in [3.8, 4) is 39.9 Å². The standard InChI is InChI=1S/C59H32N4OS2/c1-2-14-34-32-47-43(29-33(34)13-1)37-15-5-9-21-46(37)63(47)55-53-42-20-6-10-22-48(42)64-56(53)41-19-4-3-18-40(41)54(55)59-61-57(35-25-27-51-44(30-35)38-16-7-11-23-49(38)65-51)60-58(62-59)36-26-28-52-45(31-36)39-17-8-12-24-50(39)66-52/h1-32H. The predicted octanol–water partition coefficient (Wildman–Crippen LogP) is 16.9. The molecular formula is C59H32N4OS2. The third-order valence-electron chi connectivity index (χ3n) is 13.4. The number of para-hydroxylation sites is 2. The minimum Gasteiger partial charge on any atom is -0.455 e. The number of hydrogen-bond donors (Lipinski definition) is 0. The van der Waals surface area contributed by atoms with Crippen LogP contribution in [0.15, 0.2) is 199 Å². The van der Waals surface area contributed by atoms with Gasteiger partial charge in [-0.1, -0.05) is 121 Å². The van der Waals surface area contributed by atoms with Gasteiger partial charge in [-0.05, 0) is 89.0 Å². The Balaban J connectivity index is 1.12. The lowest BCUT2D eigenvalue weighted by Crippen LogP contribution is -2.05. The average Bonchev–Trinajstić information content (AvgIpc) is 4.14. The van der Waals surface area contributed by atoms with Gasteiger partial charge in [0, 0.05) is 73.0 Å². The zero-order valence-corrected chi connectivity index (χ0v) is 36.6. The molecule has 0 amide bonds. The molecule has 15 rings (SSSR count). The molecule has 0 bridgehead atoms. The molecule has 0 aliphatic carbocycles. The van der Waals surface area contributed by atoms with Gasteiger partial charge >= 0.3 is 0 Å². The van der Waals surface area contributed by atoms with Gasteiger partial charge in [-0.25, -0.2) is 15.0 Å². The summed E-state index contributed by atoms with van der Waals surface area (Å²) in [5.41, 5.74) is 7.58. The molecule has 0 atom stereocenters. The highest BCUT2D eigenvalue weighted by Crippen LogP contribution is 2.48. The summed E-state index contributed by atoms with van der Waals surface area (Å²) in [6.45, 7) is 0. The molecule has 5 heterocycles. The van der Waals surface area contributed by atoms with E-state index in [0.29, 0.717) is 17.5 Å². The topological polar surface area (TPSA) is 56.7 Å². The van der Waals surface area contributed by atoms with E-state index in [1.165, 1.54) is 61.9 Å². The maximum Gasteiger partial charge on any atom is 0.166 e. The van der Waals surface area contributed by atoms with Crippen LogP contribution in [0.4, 0.5) is 0 Å². The third kappa shape index (κ3) is 5.18. The van der Waals surface area contributed by atoms with Gasteiger partial charge in [0.1, 0.15) is 11.2 Å². The summed E-state index contributed by atoms with van der Waals surface area (Å²) in [4.78, 5) is 16.6. The largest absolute Gasteiger partial charge is 0.455 e. The van der Waals surface area contributed by atoms with Crippen LogP contribution in [0.25, 0.3) is 145 Å². The van der Waals surface area contributed by atoms with E-state index in [9.17, 15) is 0 Å². The number of hydrogen-bond acceptors (Lipinski definition) is 6. The molecule has 0 aliphatic heterocycles. The number of benzene rings is 10. The highest BCUT2D eigenvalue weighted by molar-refractivity contribution is 7.26. The Hall–Kier alpha value is -8.23. The van der Waals surface area contributed by atoms with E-state index < -0.39 is 0 Å². The van der Waals surface area contributed by atoms with Crippen LogP contribution in [-0.4, -0.2) is 19.5 Å². The van der Waals surface area contributed by atoms with E-state index in [4.69, 9.17) is 19.4 Å². The highest BCUT2D eigenvalue weighted by atomic mass is 32.1. The lowest BCUT2D eigenvalue weighted by molar-refractivity contribution is 0.672. The Morgan fingerprint density at radius 1 is 0.364 bits per heavy atom. The van der Waals surface area contributed by atoms with Gasteiger partial charge in [-0.3, -0.25) is 0 Å². The molecule has 66 heavy (non-hydrogen) atoms. The fraction of sp³-hybridized carbons (Fsp3) is 0. The van der Waals surface area contributed by atoms with Crippen molar-refractivity contribution in [1.82, 2.24) is 19.5 Å². The number of rotatable bonds is 4. The lowest BCUT2D eigenvalue weighted by atomic mass is 9.96. The number of aromatic nitrogens is 4. The molecule has 0 fully saturated rings. The van der Waals surface area contributed by atoms with Crippen LogP contribution in [-0.2, 0) is 0 Å². The van der Waals surface area contributed by atoms with Crippen molar-refractivity contribution in [3.05, 3.63) is 194 Å². The summed E-state index contributed by atoms with van der Waals surface area (Å²) < 4.78 is 14.4. The lowest BCUT2D eigenvalue weighted by Gasteiger charge is -2.19. The number of thiophene rings is 2. The van der Waals surface area contributed by atoms with E-state index in [2.05, 4.69) is 193 Å². The second kappa shape index (κ2) is 13.6. The summed E-state index contributed by atoms with van der Waals surface area (Å²) in [6, 6.07) is 69.6. The summed E-state index contributed by atoms with van der Waals surface area (Å²) in [5.74, 6) is 1.82. The normalized spacial score (nSPS) is 12.2. The van der Waals surface area contributed by atoms with Crippen LogP contribution in [0.2, 0.25) is 0 Å². The zero-order chi connectivity index (χ0) is 43.0. The molecule has 306 valence electrons. The van der Waals surface area contributed by atoms with Crippen LogP contribution in [0.5, 0.6) is 0 Å². The maximum atomic E-state index is 6.95. The maximum absolute atomic E-state index is 6.95. The quantitative estimate of drug-likeness (QED) is 0.177. The van der Waals surface area contributed by atoms with Crippen molar-refractivity contribution in [1.29, 1.82) is 0 Å². The highest BCUT2D eigenvalue weighted by Gasteiger charge is 2.28. The summed E-state index contributed by atoms with van der Waals surface area (Å²) in [5, 5.41) is 13.6. The first-order chi connectivity index (χ1) is 32.7. The molecule has 0 N–H and O–H groups in total. The minimum absolute atomic E-state index is 0.589. The van der Waals surface area contributed by atoms with Gasteiger partial charge in [0.15, 0.2) is 17.5 Å². The van der Waals surface area contributed by atoms with Crippen LogP contribution in [0.1, 0.15) is 0 Å². The number of fused-ring (bicyclic) bond motifs is 15. The first kappa shape index (κ1) is 36.1. The molecule has 0 radical (unpaired) electrons. The van der Waals surface area contributed by atoms with Crippen LogP contribution in [0, 0.1) is 0 Å². The van der Waals surface area contributed by atoms with Crippen molar-refractivity contribution in [2.24, 2.45) is 0 Å². The van der Waals surface area contributed by atoms with E-state index in [-0.39, 0.29) is 0 Å². The third-order valence-corrected chi connectivity index (χ3v) is 15.7. The molecule has 5 aromatic heterocycles. The predicted molar refractivity (Wildman–Crippen MR) is 279 cm³/mol. The number of nitrogens with zero attached hydrogens (tertiary/aromatic N) is 4. The molecule has 0 unspecified atom stereocenters. The van der Waals surface area contributed by atoms with Crippen molar-refractivity contribution >= 4 is 128 Å². The Bertz CT molecular complexity index is 4420. The molecule has 0 aliphatic rings. The van der Waals surface area contributed by atoms with E-state index in [0.717, 1.165) is 66.1 Å². The molecular weight excluding hydrogens is 845 g/mol. The molecule has 10 aromatic carbocycles. The van der Waals surface area contributed by atoms with Crippen molar-refractivity contribution < 1.29 is 4.42 Å². The van der Waals surface area contributed by atoms with Crippen molar-refractivity contribution in [2.75, 3.05) is 0 Å². The molecule has 0 saturated carbocycles. The molecule has 5 nitrogen and oxygen atoms in total. The van der Waals surface area contributed by atoms with Gasteiger partial charge in [0.25, 0.3) is 0 Å². The molecule has 15 aromatic rings. The van der Waals surface area contributed by atoms with E-state index in [1.54, 1.807) is 0 Å². The number of furan rings is 1. The summed E-state index contributed by atoms with van der Waals surface area (Å²) in [7, 11) is 0. The Kier molecular flexibility index (Phi) is 7.47. The molecule has 0 spiro atoms. The van der Waals surface area contributed by atoms with Gasteiger partial charge in [0.2, 0.25) is 0 Å². The second-order valence-electron chi connectivity index (χ2n) is 17.1. The van der Waals surface area contributed by atoms with Gasteiger partial charge in [0.05, 0.1) is 27.7 Å². The van der Waals surface area contributed by atoms with Crippen LogP contribution in [0.3, 0.4) is 0 Å². The fourth-order valence-corrected chi connectivity index (χ4v) is 12.6. The Morgan fingerprint density at radius 2 is 0.879 bits per heavy atom. The summed E-state index contributed by atoms with van der Waals surface area (Å²) >= 11 is 3.62. The van der Waals surface area contributed by atoms with E-state index >= 15 is 0 Å². The monoisotopic (exact) mass is 876 g/mol. The zero-order valence-electron chi connectivity index (χ0n) is 35.0. The van der Waals surface area contributed by atoms with Gasteiger partial charge < -0.3 is 8.98 Å². The summed E-state index contributed by atoms with van der Waals surface area (Å²) in [6.07, 6.45) is 0. The van der Waals surface area contributed by atoms with Gasteiger partial charge in [-0.15, -0.1) is 22.7 Å².